The molecule has 3 N–H and O–H groups in total. The van der Waals surface area contributed by atoms with Gasteiger partial charge in [0.2, 0.25) is 0 Å². The van der Waals surface area contributed by atoms with Gasteiger partial charge in [-0.3, -0.25) is 9.35 Å². The number of aliphatic hydroxyl groups excluding tert-OH is 1. The zero-order chi connectivity index (χ0) is 25.4. The molecule has 2 aromatic rings. The lowest BCUT2D eigenvalue weighted by Gasteiger charge is -2.23. The van der Waals surface area contributed by atoms with Gasteiger partial charge in [0.25, 0.3) is 10.1 Å². The summed E-state index contributed by atoms with van der Waals surface area (Å²) < 4.78 is 36.5. The smallest absolute Gasteiger partial charge is 0.343 e. The lowest BCUT2D eigenvalue weighted by atomic mass is 10.1. The molecule has 0 saturated carbocycles. The Bertz CT molecular complexity index is 1050. The molecule has 9 nitrogen and oxygen atoms in total. The maximum atomic E-state index is 12.5. The number of aliphatic hydroxyl groups is 1. The van der Waals surface area contributed by atoms with Crippen molar-refractivity contribution in [2.45, 2.75) is 46.3 Å². The average Bonchev–Trinajstić information content (AvgIpc) is 2.65. The molecule has 0 aliphatic heterocycles. The van der Waals surface area contributed by atoms with E-state index in [2.05, 4.69) is 5.32 Å². The number of β-amino-alcohol motifs (C(OH)–C–C–N with tert-alkyl or cyclic N) is 1. The molecule has 0 fully saturated rings. The molecular weight excluding hydrogens is 450 g/mol. The van der Waals surface area contributed by atoms with E-state index in [1.54, 1.807) is 18.2 Å². The summed E-state index contributed by atoms with van der Waals surface area (Å²) in [5, 5.41) is 13.7. The van der Waals surface area contributed by atoms with Gasteiger partial charge in [-0.2, -0.15) is 8.42 Å². The Morgan fingerprint density at radius 1 is 1.03 bits per heavy atom. The molecule has 0 spiro atoms. The van der Waals surface area contributed by atoms with Crippen LogP contribution in [0.15, 0.2) is 42.5 Å². The number of nitrogens with one attached hydrogen (secondary N) is 1. The number of esters is 2. The Labute approximate surface area is 194 Å². The topological polar surface area (TPSA) is 139 Å². The Hall–Kier alpha value is -2.79. The van der Waals surface area contributed by atoms with E-state index in [1.807, 2.05) is 39.8 Å². The van der Waals surface area contributed by atoms with Crippen LogP contribution in [0.3, 0.4) is 0 Å². The number of hydrogen-bond donors (Lipinski definition) is 3. The second-order valence-corrected chi connectivity index (χ2v) is 9.90. The van der Waals surface area contributed by atoms with Gasteiger partial charge in [0.15, 0.2) is 11.5 Å². The number of ether oxygens (including phenoxy) is 2. The van der Waals surface area contributed by atoms with E-state index in [0.717, 1.165) is 5.56 Å². The minimum absolute atomic E-state index is 0.0769. The van der Waals surface area contributed by atoms with Gasteiger partial charge in [0, 0.05) is 19.0 Å². The first-order valence-corrected chi connectivity index (χ1v) is 11.9. The number of carbonyl (C=O) groups excluding carboxylic acids is 2. The average molecular weight is 482 g/mol. The summed E-state index contributed by atoms with van der Waals surface area (Å²) in [4.78, 5) is 23.8. The summed E-state index contributed by atoms with van der Waals surface area (Å²) in [5.74, 6) is -0.913. The number of rotatable bonds is 6. The Morgan fingerprint density at radius 2 is 1.58 bits per heavy atom. The van der Waals surface area contributed by atoms with E-state index in [-0.39, 0.29) is 17.0 Å². The predicted molar refractivity (Wildman–Crippen MR) is 124 cm³/mol. The van der Waals surface area contributed by atoms with Gasteiger partial charge in [-0.1, -0.05) is 23.8 Å². The summed E-state index contributed by atoms with van der Waals surface area (Å²) >= 11 is 0. The Balaban J connectivity index is 0.000000981. The lowest BCUT2D eigenvalue weighted by Crippen LogP contribution is -2.38. The molecule has 182 valence electrons. The molecule has 0 saturated heterocycles. The van der Waals surface area contributed by atoms with E-state index < -0.39 is 28.2 Å². The van der Waals surface area contributed by atoms with Crippen molar-refractivity contribution in [3.63, 3.8) is 0 Å². The Morgan fingerprint density at radius 3 is 2.06 bits per heavy atom. The SMILES string of the molecule is CC(=O)Oc1ccc(C(O)CNC(C)(C)C)cc1OC(=O)c1ccc(C)cc1.CS(=O)(=O)O. The van der Waals surface area contributed by atoms with Gasteiger partial charge in [0.1, 0.15) is 0 Å². The van der Waals surface area contributed by atoms with Crippen LogP contribution in [0.25, 0.3) is 0 Å². The van der Waals surface area contributed by atoms with E-state index in [9.17, 15) is 23.1 Å². The van der Waals surface area contributed by atoms with Crippen molar-refractivity contribution < 1.29 is 37.1 Å². The highest BCUT2D eigenvalue weighted by Gasteiger charge is 2.19. The van der Waals surface area contributed by atoms with E-state index in [1.165, 1.54) is 19.1 Å². The maximum absolute atomic E-state index is 12.5. The first-order chi connectivity index (χ1) is 15.0. The van der Waals surface area contributed by atoms with Crippen molar-refractivity contribution in [2.75, 3.05) is 12.8 Å². The van der Waals surface area contributed by atoms with Crippen LogP contribution >= 0.6 is 0 Å². The van der Waals surface area contributed by atoms with Crippen LogP contribution in [-0.4, -0.2) is 48.4 Å². The van der Waals surface area contributed by atoms with Crippen LogP contribution < -0.4 is 14.8 Å². The Kier molecular flexibility index (Phi) is 10.2. The third kappa shape index (κ3) is 12.1. The minimum atomic E-state index is -3.67. The number of benzene rings is 2. The standard InChI is InChI=1S/C22H27NO5.CH4O3S/c1-14-6-8-16(9-7-14)21(26)28-20-12-17(10-11-19(20)27-15(2)24)18(25)13-23-22(3,4)5;1-5(2,3)4/h6-12,18,23,25H,13H2,1-5H3;1H3,(H,2,3,4). The molecule has 0 radical (unpaired) electrons. The van der Waals surface area contributed by atoms with Gasteiger partial charge in [-0.15, -0.1) is 0 Å². The zero-order valence-corrected chi connectivity index (χ0v) is 20.4. The highest BCUT2D eigenvalue weighted by Crippen LogP contribution is 2.31. The van der Waals surface area contributed by atoms with E-state index in [0.29, 0.717) is 23.9 Å². The minimum Gasteiger partial charge on any atom is -0.423 e. The quantitative estimate of drug-likeness (QED) is 0.323. The molecular formula is C23H31NO8S. The van der Waals surface area contributed by atoms with Crippen molar-refractivity contribution in [1.29, 1.82) is 0 Å². The van der Waals surface area contributed by atoms with Crippen molar-refractivity contribution in [2.24, 2.45) is 0 Å². The van der Waals surface area contributed by atoms with Crippen LogP contribution in [0, 0.1) is 6.92 Å². The maximum Gasteiger partial charge on any atom is 0.343 e. The molecule has 0 bridgehead atoms. The third-order valence-electron chi connectivity index (χ3n) is 3.92. The van der Waals surface area contributed by atoms with E-state index >= 15 is 0 Å². The summed E-state index contributed by atoms with van der Waals surface area (Å²) in [7, 11) is -3.67. The van der Waals surface area contributed by atoms with Gasteiger partial charge in [-0.05, 0) is 57.5 Å². The summed E-state index contributed by atoms with van der Waals surface area (Å²) in [6.07, 6.45) is -0.102. The van der Waals surface area contributed by atoms with Gasteiger partial charge < -0.3 is 19.9 Å². The fourth-order valence-electron chi connectivity index (χ4n) is 2.42. The fourth-order valence-corrected chi connectivity index (χ4v) is 2.42. The van der Waals surface area contributed by atoms with E-state index in [4.69, 9.17) is 14.0 Å². The number of carbonyl (C=O) groups is 2. The fraction of sp³-hybridized carbons (Fsp3) is 0.391. The number of hydrogen-bond acceptors (Lipinski definition) is 8. The normalized spacial score (nSPS) is 12.2. The predicted octanol–water partition coefficient (Wildman–Crippen LogP) is 3.07. The first-order valence-electron chi connectivity index (χ1n) is 10.0. The summed E-state index contributed by atoms with van der Waals surface area (Å²) in [6.45, 7) is 9.50. The van der Waals surface area contributed by atoms with Crippen LogP contribution in [-0.2, 0) is 14.9 Å². The summed E-state index contributed by atoms with van der Waals surface area (Å²) in [5.41, 5.74) is 1.78. The monoisotopic (exact) mass is 481 g/mol. The van der Waals surface area contributed by atoms with Crippen molar-refractivity contribution in [3.8, 4) is 11.5 Å². The molecule has 0 aliphatic carbocycles. The molecule has 2 aromatic carbocycles. The zero-order valence-electron chi connectivity index (χ0n) is 19.6. The number of aryl methyl sites for hydroxylation is 1. The molecule has 1 unspecified atom stereocenters. The van der Waals surface area contributed by atoms with Crippen molar-refractivity contribution >= 4 is 22.1 Å². The largest absolute Gasteiger partial charge is 0.423 e. The third-order valence-corrected chi connectivity index (χ3v) is 3.92. The molecule has 10 heteroatoms. The first kappa shape index (κ1) is 28.2. The highest BCUT2D eigenvalue weighted by molar-refractivity contribution is 7.85. The molecule has 33 heavy (non-hydrogen) atoms. The molecule has 0 heterocycles. The van der Waals surface area contributed by atoms with Crippen molar-refractivity contribution in [3.05, 3.63) is 59.2 Å². The molecule has 2 rings (SSSR count). The van der Waals surface area contributed by atoms with Gasteiger partial charge in [0.05, 0.1) is 17.9 Å². The highest BCUT2D eigenvalue weighted by atomic mass is 32.2. The van der Waals surface area contributed by atoms with Gasteiger partial charge >= 0.3 is 11.9 Å². The molecule has 0 aliphatic rings. The van der Waals surface area contributed by atoms with Crippen LogP contribution in [0.1, 0.15) is 55.3 Å². The van der Waals surface area contributed by atoms with Crippen molar-refractivity contribution in [1.82, 2.24) is 5.32 Å². The van der Waals surface area contributed by atoms with Crippen LogP contribution in [0.4, 0.5) is 0 Å². The molecule has 0 amide bonds. The van der Waals surface area contributed by atoms with Gasteiger partial charge in [-0.25, -0.2) is 4.79 Å². The second-order valence-electron chi connectivity index (χ2n) is 8.44. The molecule has 1 atom stereocenters. The molecule has 0 aromatic heterocycles. The summed E-state index contributed by atoms with van der Waals surface area (Å²) in [6, 6.07) is 11.6. The lowest BCUT2D eigenvalue weighted by molar-refractivity contribution is -0.132. The van der Waals surface area contributed by atoms with Crippen LogP contribution in [0.2, 0.25) is 0 Å². The van der Waals surface area contributed by atoms with Crippen LogP contribution in [0.5, 0.6) is 11.5 Å². The second kappa shape index (κ2) is 11.9.